The number of nitrogens with zero attached hydrogens (tertiary/aromatic N) is 4. The molecule has 2 aromatic carbocycles. The van der Waals surface area contributed by atoms with Gasteiger partial charge in [-0.2, -0.15) is 0 Å². The number of fused-ring (bicyclic) bond motifs is 1. The molecule has 1 aliphatic rings. The summed E-state index contributed by atoms with van der Waals surface area (Å²) in [6.07, 6.45) is 0. The molecule has 1 aromatic heterocycles. The maximum atomic E-state index is 13.1. The highest BCUT2D eigenvalue weighted by molar-refractivity contribution is 7.99. The lowest BCUT2D eigenvalue weighted by Gasteiger charge is -2.36. The molecule has 1 saturated heterocycles. The van der Waals surface area contributed by atoms with E-state index in [4.69, 9.17) is 0 Å². The Kier molecular flexibility index (Phi) is 5.53. The van der Waals surface area contributed by atoms with Crippen molar-refractivity contribution in [3.63, 3.8) is 0 Å². The summed E-state index contributed by atoms with van der Waals surface area (Å²) in [7, 11) is 1.68. The zero-order valence-corrected chi connectivity index (χ0v) is 16.9. The third kappa shape index (κ3) is 4.12. The van der Waals surface area contributed by atoms with Crippen molar-refractivity contribution in [2.75, 3.05) is 36.8 Å². The van der Waals surface area contributed by atoms with Crippen LogP contribution in [0.25, 0.3) is 10.9 Å². The second kappa shape index (κ2) is 8.24. The van der Waals surface area contributed by atoms with E-state index in [0.717, 1.165) is 5.69 Å². The lowest BCUT2D eigenvalue weighted by molar-refractivity contribution is -0.128. The van der Waals surface area contributed by atoms with Crippen LogP contribution in [0.1, 0.15) is 0 Å². The van der Waals surface area contributed by atoms with Crippen molar-refractivity contribution in [1.29, 1.82) is 0 Å². The van der Waals surface area contributed by atoms with E-state index in [1.54, 1.807) is 31.3 Å². The third-order valence-electron chi connectivity index (χ3n) is 5.09. The Balaban J connectivity index is 1.37. The Morgan fingerprint density at radius 3 is 2.48 bits per heavy atom. The number of carbonyl (C=O) groups excluding carboxylic acids is 1. The number of para-hydroxylation sites is 1. The van der Waals surface area contributed by atoms with Crippen molar-refractivity contribution in [3.8, 4) is 0 Å². The fraction of sp³-hybridized carbons (Fsp3) is 0.286. The molecular formula is C21H21FN4O2S. The lowest BCUT2D eigenvalue weighted by Crippen LogP contribution is -2.49. The molecule has 0 spiro atoms. The Hall–Kier alpha value is -2.87. The predicted octanol–water partition coefficient (Wildman–Crippen LogP) is 2.51. The van der Waals surface area contributed by atoms with Crippen LogP contribution in [-0.2, 0) is 11.8 Å². The summed E-state index contributed by atoms with van der Waals surface area (Å²) < 4.78 is 14.6. The first-order valence-corrected chi connectivity index (χ1v) is 10.4. The summed E-state index contributed by atoms with van der Waals surface area (Å²) in [4.78, 5) is 33.6. The van der Waals surface area contributed by atoms with E-state index in [1.165, 1.54) is 28.5 Å². The summed E-state index contributed by atoms with van der Waals surface area (Å²) in [6.45, 7) is 2.63. The molecule has 4 rings (SSSR count). The van der Waals surface area contributed by atoms with Crippen LogP contribution in [0.3, 0.4) is 0 Å². The topological polar surface area (TPSA) is 58.4 Å². The number of piperazine rings is 1. The Labute approximate surface area is 171 Å². The van der Waals surface area contributed by atoms with Gasteiger partial charge < -0.3 is 9.80 Å². The minimum atomic E-state index is -0.253. The standard InChI is InChI=1S/C21H21FN4O2S/c1-24-20(28)17-4-2-3-5-18(17)23-21(24)29-14-19(27)26-12-10-25(11-13-26)16-8-6-15(22)7-9-16/h2-9H,10-14H2,1H3. The maximum absolute atomic E-state index is 13.1. The highest BCUT2D eigenvalue weighted by Gasteiger charge is 2.22. The fourth-order valence-electron chi connectivity index (χ4n) is 3.41. The number of carbonyl (C=O) groups is 1. The van der Waals surface area contributed by atoms with E-state index in [2.05, 4.69) is 9.88 Å². The molecule has 0 radical (unpaired) electrons. The largest absolute Gasteiger partial charge is 0.368 e. The van der Waals surface area contributed by atoms with Crippen LogP contribution in [0.15, 0.2) is 58.5 Å². The summed E-state index contributed by atoms with van der Waals surface area (Å²) in [5.41, 5.74) is 1.49. The van der Waals surface area contributed by atoms with Gasteiger partial charge in [0.05, 0.1) is 16.7 Å². The van der Waals surface area contributed by atoms with E-state index < -0.39 is 0 Å². The van der Waals surface area contributed by atoms with E-state index >= 15 is 0 Å². The van der Waals surface area contributed by atoms with Gasteiger partial charge >= 0.3 is 0 Å². The van der Waals surface area contributed by atoms with Gasteiger partial charge in [0.2, 0.25) is 5.91 Å². The first-order chi connectivity index (χ1) is 14.0. The summed E-state index contributed by atoms with van der Waals surface area (Å²) >= 11 is 1.28. The SMILES string of the molecule is Cn1c(SCC(=O)N2CCN(c3ccc(F)cc3)CC2)nc2ccccc2c1=O. The van der Waals surface area contributed by atoms with Crippen molar-refractivity contribution in [2.24, 2.45) is 7.05 Å². The average molecular weight is 412 g/mol. The molecule has 0 unspecified atom stereocenters. The smallest absolute Gasteiger partial charge is 0.261 e. The van der Waals surface area contributed by atoms with E-state index in [9.17, 15) is 14.0 Å². The fourth-order valence-corrected chi connectivity index (χ4v) is 4.28. The molecule has 1 aliphatic heterocycles. The average Bonchev–Trinajstić information content (AvgIpc) is 2.76. The van der Waals surface area contributed by atoms with Gasteiger partial charge in [0.1, 0.15) is 5.82 Å². The summed E-state index contributed by atoms with van der Waals surface area (Å²) in [5.74, 6) is 0.00211. The van der Waals surface area contributed by atoms with Crippen molar-refractivity contribution < 1.29 is 9.18 Å². The van der Waals surface area contributed by atoms with E-state index in [0.29, 0.717) is 42.2 Å². The van der Waals surface area contributed by atoms with Crippen LogP contribution in [-0.4, -0.2) is 52.3 Å². The van der Waals surface area contributed by atoms with Gasteiger partial charge in [0.25, 0.3) is 5.56 Å². The van der Waals surface area contributed by atoms with Gasteiger partial charge in [-0.3, -0.25) is 14.2 Å². The number of hydrogen-bond acceptors (Lipinski definition) is 5. The Bertz CT molecular complexity index is 1090. The third-order valence-corrected chi connectivity index (χ3v) is 6.11. The first-order valence-electron chi connectivity index (χ1n) is 9.40. The van der Waals surface area contributed by atoms with Crippen LogP contribution in [0.4, 0.5) is 10.1 Å². The van der Waals surface area contributed by atoms with Crippen LogP contribution in [0.2, 0.25) is 0 Å². The van der Waals surface area contributed by atoms with Crippen molar-refractivity contribution in [2.45, 2.75) is 5.16 Å². The number of amides is 1. The molecule has 1 fully saturated rings. The van der Waals surface area contributed by atoms with Gasteiger partial charge in [-0.25, -0.2) is 9.37 Å². The minimum absolute atomic E-state index is 0.0242. The summed E-state index contributed by atoms with van der Waals surface area (Å²) in [6, 6.07) is 13.6. The van der Waals surface area contributed by atoms with Gasteiger partial charge in [-0.15, -0.1) is 0 Å². The molecule has 1 amide bonds. The molecule has 3 aromatic rings. The predicted molar refractivity (Wildman–Crippen MR) is 113 cm³/mol. The minimum Gasteiger partial charge on any atom is -0.368 e. The van der Waals surface area contributed by atoms with Crippen molar-refractivity contribution in [1.82, 2.24) is 14.5 Å². The van der Waals surface area contributed by atoms with Gasteiger partial charge in [-0.05, 0) is 36.4 Å². The second-order valence-electron chi connectivity index (χ2n) is 6.91. The molecule has 2 heterocycles. The van der Waals surface area contributed by atoms with Crippen LogP contribution in [0, 0.1) is 5.82 Å². The van der Waals surface area contributed by atoms with Crippen molar-refractivity contribution in [3.05, 3.63) is 64.7 Å². The zero-order valence-electron chi connectivity index (χ0n) is 16.0. The molecule has 0 aliphatic carbocycles. The molecule has 29 heavy (non-hydrogen) atoms. The number of thioether (sulfide) groups is 1. The van der Waals surface area contributed by atoms with Crippen LogP contribution < -0.4 is 10.5 Å². The van der Waals surface area contributed by atoms with Gasteiger partial charge in [-0.1, -0.05) is 23.9 Å². The Morgan fingerprint density at radius 2 is 1.76 bits per heavy atom. The molecule has 8 heteroatoms. The zero-order chi connectivity index (χ0) is 20.4. The molecule has 0 atom stereocenters. The monoisotopic (exact) mass is 412 g/mol. The second-order valence-corrected chi connectivity index (χ2v) is 7.85. The first kappa shape index (κ1) is 19.4. The number of anilines is 1. The maximum Gasteiger partial charge on any atom is 0.261 e. The molecule has 150 valence electrons. The van der Waals surface area contributed by atoms with Gasteiger partial charge in [0.15, 0.2) is 5.16 Å². The number of benzene rings is 2. The molecular weight excluding hydrogens is 391 g/mol. The van der Waals surface area contributed by atoms with E-state index in [1.807, 2.05) is 17.0 Å². The molecule has 0 saturated carbocycles. The number of aromatic nitrogens is 2. The van der Waals surface area contributed by atoms with Crippen molar-refractivity contribution >= 4 is 34.3 Å². The highest BCUT2D eigenvalue weighted by Crippen LogP contribution is 2.20. The van der Waals surface area contributed by atoms with Gasteiger partial charge in [0, 0.05) is 38.9 Å². The summed E-state index contributed by atoms with van der Waals surface area (Å²) in [5, 5.41) is 1.11. The number of rotatable bonds is 4. The normalized spacial score (nSPS) is 14.4. The number of halogens is 1. The molecule has 0 bridgehead atoms. The molecule has 6 nitrogen and oxygen atoms in total. The highest BCUT2D eigenvalue weighted by atomic mass is 32.2. The molecule has 0 N–H and O–H groups in total. The number of hydrogen-bond donors (Lipinski definition) is 0. The van der Waals surface area contributed by atoms with Crippen LogP contribution in [0.5, 0.6) is 0 Å². The quantitative estimate of drug-likeness (QED) is 0.487. The van der Waals surface area contributed by atoms with E-state index in [-0.39, 0.29) is 23.0 Å². The lowest BCUT2D eigenvalue weighted by atomic mass is 10.2. The van der Waals surface area contributed by atoms with Crippen LogP contribution >= 0.6 is 11.8 Å². The Morgan fingerprint density at radius 1 is 1.07 bits per heavy atom.